The van der Waals surface area contributed by atoms with Crippen molar-refractivity contribution in [1.82, 2.24) is 0 Å². The van der Waals surface area contributed by atoms with Crippen LogP contribution in [0.1, 0.15) is 26.2 Å². The van der Waals surface area contributed by atoms with Crippen LogP contribution in [-0.4, -0.2) is 18.6 Å². The zero-order chi connectivity index (χ0) is 7.98. The van der Waals surface area contributed by atoms with Gasteiger partial charge >= 0.3 is 0 Å². The van der Waals surface area contributed by atoms with Crippen LogP contribution in [0.25, 0.3) is 0 Å². The molecule has 60 valence electrons. The quantitative estimate of drug-likeness (QED) is 0.586. The largest absolute Gasteiger partial charge is 0.296 e. The van der Waals surface area contributed by atoms with E-state index in [0.29, 0.717) is 0 Å². The van der Waals surface area contributed by atoms with Crippen LogP contribution in [0.4, 0.5) is 8.78 Å². The number of alkyl halides is 2. The lowest BCUT2D eigenvalue weighted by atomic mass is 10.1. The lowest BCUT2D eigenvalue weighted by molar-refractivity contribution is -0.124. The molecule has 0 fully saturated rings. The Morgan fingerprint density at radius 2 is 2.20 bits per heavy atom. The van der Waals surface area contributed by atoms with E-state index in [-0.39, 0.29) is 19.3 Å². The number of carbonyl (C=O) groups is 1. The van der Waals surface area contributed by atoms with Gasteiger partial charge in [-0.3, -0.25) is 9.18 Å². The maximum Gasteiger partial charge on any atom is 0.166 e. The van der Waals surface area contributed by atoms with Crippen LogP contribution in [0.5, 0.6) is 0 Å². The van der Waals surface area contributed by atoms with Gasteiger partial charge in [-0.15, -0.1) is 0 Å². The molecule has 0 aliphatic carbocycles. The van der Waals surface area contributed by atoms with Gasteiger partial charge in [0.25, 0.3) is 0 Å². The standard InChI is InChI=1S/C7H12F2O/c1-2-6(9)7(10)4-3-5-8/h6H,2-5H2,1H3. The molecule has 0 aromatic carbocycles. The third kappa shape index (κ3) is 3.54. The van der Waals surface area contributed by atoms with Crippen LogP contribution >= 0.6 is 0 Å². The van der Waals surface area contributed by atoms with Crippen molar-refractivity contribution in [2.45, 2.75) is 32.4 Å². The Morgan fingerprint density at radius 3 is 2.60 bits per heavy atom. The molecule has 3 heteroatoms. The van der Waals surface area contributed by atoms with E-state index in [1.54, 1.807) is 6.92 Å². The zero-order valence-electron chi connectivity index (χ0n) is 6.07. The number of Topliss-reactive ketones (excluding diaryl/α,β-unsaturated/α-hetero) is 1. The molecule has 0 amide bonds. The molecule has 0 rings (SSSR count). The molecule has 0 radical (unpaired) electrons. The summed E-state index contributed by atoms with van der Waals surface area (Å²) in [4.78, 5) is 10.6. The molecule has 0 aliphatic rings. The van der Waals surface area contributed by atoms with E-state index in [2.05, 4.69) is 0 Å². The SMILES string of the molecule is CCC(F)C(=O)CCCF. The predicted octanol–water partition coefficient (Wildman–Crippen LogP) is 2.05. The second kappa shape index (κ2) is 5.33. The second-order valence-corrected chi connectivity index (χ2v) is 2.13. The Kier molecular flexibility index (Phi) is 5.08. The molecule has 10 heavy (non-hydrogen) atoms. The maximum absolute atomic E-state index is 12.4. The fourth-order valence-electron chi connectivity index (χ4n) is 0.625. The summed E-state index contributed by atoms with van der Waals surface area (Å²) in [7, 11) is 0. The number of hydrogen-bond acceptors (Lipinski definition) is 1. The minimum atomic E-state index is -1.38. The van der Waals surface area contributed by atoms with Crippen molar-refractivity contribution < 1.29 is 13.6 Å². The van der Waals surface area contributed by atoms with Crippen molar-refractivity contribution >= 4 is 5.78 Å². The summed E-state index contributed by atoms with van der Waals surface area (Å²) < 4.78 is 23.8. The lowest BCUT2D eigenvalue weighted by Gasteiger charge is -2.00. The average Bonchev–Trinajstić information content (AvgIpc) is 1.98. The Balaban J connectivity index is 3.42. The van der Waals surface area contributed by atoms with Crippen LogP contribution in [0.2, 0.25) is 0 Å². The number of carbonyl (C=O) groups excluding carboxylic acids is 1. The van der Waals surface area contributed by atoms with Crippen molar-refractivity contribution in [2.75, 3.05) is 6.67 Å². The average molecular weight is 150 g/mol. The van der Waals surface area contributed by atoms with Crippen LogP contribution in [0.3, 0.4) is 0 Å². The first-order valence-electron chi connectivity index (χ1n) is 3.45. The van der Waals surface area contributed by atoms with Gasteiger partial charge < -0.3 is 0 Å². The molecule has 0 spiro atoms. The van der Waals surface area contributed by atoms with Crippen LogP contribution in [0.15, 0.2) is 0 Å². The first kappa shape index (κ1) is 9.53. The highest BCUT2D eigenvalue weighted by atomic mass is 19.1. The normalized spacial score (nSPS) is 13.1. The van der Waals surface area contributed by atoms with Crippen LogP contribution in [0, 0.1) is 0 Å². The highest BCUT2D eigenvalue weighted by Gasteiger charge is 2.13. The highest BCUT2D eigenvalue weighted by molar-refractivity contribution is 5.82. The van der Waals surface area contributed by atoms with Gasteiger partial charge in [-0.25, -0.2) is 4.39 Å². The fraction of sp³-hybridized carbons (Fsp3) is 0.857. The summed E-state index contributed by atoms with van der Waals surface area (Å²) in [6.07, 6.45) is -0.998. The minimum absolute atomic E-state index is 0.0332. The number of hydrogen-bond donors (Lipinski definition) is 0. The molecule has 0 N–H and O–H groups in total. The van der Waals surface area contributed by atoms with Gasteiger partial charge in [-0.2, -0.15) is 0 Å². The number of ketones is 1. The van der Waals surface area contributed by atoms with Gasteiger partial charge in [-0.1, -0.05) is 6.92 Å². The number of halogens is 2. The van der Waals surface area contributed by atoms with Crippen molar-refractivity contribution in [3.63, 3.8) is 0 Å². The van der Waals surface area contributed by atoms with E-state index in [9.17, 15) is 13.6 Å². The molecule has 0 aliphatic heterocycles. The molecule has 1 nitrogen and oxygen atoms in total. The number of rotatable bonds is 5. The van der Waals surface area contributed by atoms with E-state index < -0.39 is 18.6 Å². The Morgan fingerprint density at radius 1 is 1.60 bits per heavy atom. The fourth-order valence-corrected chi connectivity index (χ4v) is 0.625. The second-order valence-electron chi connectivity index (χ2n) is 2.13. The third-order valence-corrected chi connectivity index (χ3v) is 1.26. The van der Waals surface area contributed by atoms with Crippen LogP contribution in [-0.2, 0) is 4.79 Å². The topological polar surface area (TPSA) is 17.1 Å². The molecule has 0 aromatic heterocycles. The molecule has 0 saturated heterocycles. The summed E-state index contributed by atoms with van der Waals surface area (Å²) in [6.45, 7) is 1.06. The van der Waals surface area contributed by atoms with Gasteiger partial charge in [0.2, 0.25) is 0 Å². The Labute approximate surface area is 59.4 Å². The molecule has 0 aromatic rings. The molecular weight excluding hydrogens is 138 g/mol. The van der Waals surface area contributed by atoms with E-state index >= 15 is 0 Å². The van der Waals surface area contributed by atoms with Crippen molar-refractivity contribution in [1.29, 1.82) is 0 Å². The van der Waals surface area contributed by atoms with Gasteiger partial charge in [0, 0.05) is 6.42 Å². The monoisotopic (exact) mass is 150 g/mol. The molecule has 1 atom stereocenters. The Bertz CT molecular complexity index is 104. The van der Waals surface area contributed by atoms with Gasteiger partial charge in [-0.05, 0) is 12.8 Å². The van der Waals surface area contributed by atoms with E-state index in [0.717, 1.165) is 0 Å². The van der Waals surface area contributed by atoms with E-state index in [1.807, 2.05) is 0 Å². The molecule has 0 saturated carbocycles. The van der Waals surface area contributed by atoms with Crippen molar-refractivity contribution in [3.8, 4) is 0 Å². The lowest BCUT2D eigenvalue weighted by Crippen LogP contribution is -2.13. The predicted molar refractivity (Wildman–Crippen MR) is 35.4 cm³/mol. The molecule has 0 bridgehead atoms. The van der Waals surface area contributed by atoms with Gasteiger partial charge in [0.05, 0.1) is 6.67 Å². The third-order valence-electron chi connectivity index (χ3n) is 1.26. The summed E-state index contributed by atoms with van der Waals surface area (Å²) in [5.74, 6) is -0.472. The van der Waals surface area contributed by atoms with Crippen molar-refractivity contribution in [2.24, 2.45) is 0 Å². The molecule has 1 unspecified atom stereocenters. The summed E-state index contributed by atoms with van der Waals surface area (Å²) >= 11 is 0. The van der Waals surface area contributed by atoms with E-state index in [4.69, 9.17) is 0 Å². The summed E-state index contributed by atoms with van der Waals surface area (Å²) in [5.41, 5.74) is 0. The maximum atomic E-state index is 12.4. The van der Waals surface area contributed by atoms with Gasteiger partial charge in [0.15, 0.2) is 12.0 Å². The summed E-state index contributed by atoms with van der Waals surface area (Å²) in [6, 6.07) is 0. The summed E-state index contributed by atoms with van der Waals surface area (Å²) in [5, 5.41) is 0. The smallest absolute Gasteiger partial charge is 0.166 e. The highest BCUT2D eigenvalue weighted by Crippen LogP contribution is 2.03. The van der Waals surface area contributed by atoms with Gasteiger partial charge in [0.1, 0.15) is 0 Å². The molecular formula is C7H12F2O. The van der Waals surface area contributed by atoms with E-state index in [1.165, 1.54) is 0 Å². The first-order chi connectivity index (χ1) is 4.72. The van der Waals surface area contributed by atoms with Crippen LogP contribution < -0.4 is 0 Å². The Hall–Kier alpha value is -0.470. The molecule has 0 heterocycles. The van der Waals surface area contributed by atoms with Crippen molar-refractivity contribution in [3.05, 3.63) is 0 Å². The zero-order valence-corrected chi connectivity index (χ0v) is 6.07. The minimum Gasteiger partial charge on any atom is -0.296 e. The first-order valence-corrected chi connectivity index (χ1v) is 3.45.